The standard InChI is InChI=1S/C15H9FINO/c16-9-5-6-10-12(8-18-14(10)7-9)15(19)11-3-1-2-4-13(11)17/h1-8,18H. The summed E-state index contributed by atoms with van der Waals surface area (Å²) in [6.07, 6.45) is 1.63. The average Bonchev–Trinajstić information content (AvgIpc) is 2.81. The van der Waals surface area contributed by atoms with Gasteiger partial charge in [0.1, 0.15) is 5.82 Å². The van der Waals surface area contributed by atoms with Gasteiger partial charge in [0, 0.05) is 31.8 Å². The fraction of sp³-hybridized carbons (Fsp3) is 0. The van der Waals surface area contributed by atoms with Crippen molar-refractivity contribution in [3.8, 4) is 0 Å². The number of ketones is 1. The number of carbonyl (C=O) groups is 1. The lowest BCUT2D eigenvalue weighted by Gasteiger charge is -2.02. The highest BCUT2D eigenvalue weighted by Crippen LogP contribution is 2.23. The predicted octanol–water partition coefficient (Wildman–Crippen LogP) is 4.14. The molecule has 2 nitrogen and oxygen atoms in total. The fourth-order valence-corrected chi connectivity index (χ4v) is 2.71. The van der Waals surface area contributed by atoms with E-state index in [0.717, 1.165) is 8.96 Å². The van der Waals surface area contributed by atoms with E-state index in [1.54, 1.807) is 18.3 Å². The van der Waals surface area contributed by atoms with E-state index in [4.69, 9.17) is 0 Å². The molecule has 0 aliphatic heterocycles. The summed E-state index contributed by atoms with van der Waals surface area (Å²) in [4.78, 5) is 15.4. The lowest BCUT2D eigenvalue weighted by molar-refractivity contribution is 0.103. The summed E-state index contributed by atoms with van der Waals surface area (Å²) in [7, 11) is 0. The molecule has 1 heterocycles. The topological polar surface area (TPSA) is 32.9 Å². The molecule has 3 aromatic rings. The third-order valence-corrected chi connectivity index (χ3v) is 3.95. The van der Waals surface area contributed by atoms with E-state index in [1.165, 1.54) is 12.1 Å². The Labute approximate surface area is 122 Å². The number of aromatic amines is 1. The second-order valence-electron chi connectivity index (χ2n) is 4.20. The summed E-state index contributed by atoms with van der Waals surface area (Å²) < 4.78 is 14.0. The summed E-state index contributed by atoms with van der Waals surface area (Å²) in [5, 5.41) is 0.742. The first-order chi connectivity index (χ1) is 9.16. The van der Waals surface area contributed by atoms with Crippen LogP contribution in [0, 0.1) is 9.39 Å². The molecule has 0 saturated heterocycles. The van der Waals surface area contributed by atoms with Crippen LogP contribution in [0.15, 0.2) is 48.7 Å². The average molecular weight is 365 g/mol. The first-order valence-electron chi connectivity index (χ1n) is 5.72. The van der Waals surface area contributed by atoms with Gasteiger partial charge in [-0.05, 0) is 52.9 Å². The number of hydrogen-bond acceptors (Lipinski definition) is 1. The summed E-state index contributed by atoms with van der Waals surface area (Å²) >= 11 is 2.14. The van der Waals surface area contributed by atoms with E-state index >= 15 is 0 Å². The van der Waals surface area contributed by atoms with Gasteiger partial charge in [0.05, 0.1) is 0 Å². The van der Waals surface area contributed by atoms with Crippen LogP contribution in [0.25, 0.3) is 10.9 Å². The number of halogens is 2. The first-order valence-corrected chi connectivity index (χ1v) is 6.80. The SMILES string of the molecule is O=C(c1ccccc1I)c1c[nH]c2cc(F)ccc12. The van der Waals surface area contributed by atoms with Gasteiger partial charge in [-0.1, -0.05) is 12.1 Å². The lowest BCUT2D eigenvalue weighted by atomic mass is 10.0. The number of rotatable bonds is 2. The largest absolute Gasteiger partial charge is 0.360 e. The molecule has 0 fully saturated rings. The number of hydrogen-bond donors (Lipinski definition) is 1. The molecule has 0 unspecified atom stereocenters. The molecule has 1 aromatic heterocycles. The van der Waals surface area contributed by atoms with Crippen LogP contribution in [0.2, 0.25) is 0 Å². The van der Waals surface area contributed by atoms with Gasteiger partial charge >= 0.3 is 0 Å². The van der Waals surface area contributed by atoms with Crippen LogP contribution >= 0.6 is 22.6 Å². The molecule has 0 saturated carbocycles. The van der Waals surface area contributed by atoms with E-state index in [-0.39, 0.29) is 11.6 Å². The van der Waals surface area contributed by atoms with Crippen molar-refractivity contribution >= 4 is 39.3 Å². The van der Waals surface area contributed by atoms with Gasteiger partial charge in [-0.2, -0.15) is 0 Å². The van der Waals surface area contributed by atoms with Crippen molar-refractivity contribution < 1.29 is 9.18 Å². The molecular weight excluding hydrogens is 356 g/mol. The minimum absolute atomic E-state index is 0.0529. The van der Waals surface area contributed by atoms with E-state index in [0.29, 0.717) is 16.6 Å². The first kappa shape index (κ1) is 12.3. The van der Waals surface area contributed by atoms with Crippen molar-refractivity contribution in [2.45, 2.75) is 0 Å². The Balaban J connectivity index is 2.15. The molecule has 0 amide bonds. The Morgan fingerprint density at radius 1 is 1.11 bits per heavy atom. The molecule has 3 rings (SSSR count). The molecule has 0 bridgehead atoms. The third-order valence-electron chi connectivity index (χ3n) is 3.01. The van der Waals surface area contributed by atoms with Crippen LogP contribution in [0.5, 0.6) is 0 Å². The highest BCUT2D eigenvalue weighted by molar-refractivity contribution is 14.1. The fourth-order valence-electron chi connectivity index (χ4n) is 2.08. The van der Waals surface area contributed by atoms with Crippen LogP contribution in [-0.4, -0.2) is 10.8 Å². The molecule has 4 heteroatoms. The maximum atomic E-state index is 13.1. The summed E-state index contributed by atoms with van der Waals surface area (Å²) in [6.45, 7) is 0. The smallest absolute Gasteiger partial charge is 0.196 e. The van der Waals surface area contributed by atoms with Gasteiger partial charge < -0.3 is 4.98 Å². The number of benzene rings is 2. The zero-order chi connectivity index (χ0) is 13.4. The van der Waals surface area contributed by atoms with Crippen LogP contribution in [-0.2, 0) is 0 Å². The van der Waals surface area contributed by atoms with Crippen LogP contribution in [0.1, 0.15) is 15.9 Å². The van der Waals surface area contributed by atoms with E-state index in [9.17, 15) is 9.18 Å². The molecule has 0 atom stereocenters. The second kappa shape index (κ2) is 4.77. The van der Waals surface area contributed by atoms with Crippen molar-refractivity contribution in [3.05, 3.63) is 69.2 Å². The Bertz CT molecular complexity index is 779. The summed E-state index contributed by atoms with van der Waals surface area (Å²) in [5.74, 6) is -0.370. The molecule has 2 aromatic carbocycles. The number of H-pyrrole nitrogens is 1. The van der Waals surface area contributed by atoms with Crippen LogP contribution < -0.4 is 0 Å². The minimum atomic E-state index is -0.317. The molecule has 1 N–H and O–H groups in total. The third kappa shape index (κ3) is 2.16. The van der Waals surface area contributed by atoms with Crippen molar-refractivity contribution in [1.29, 1.82) is 0 Å². The summed E-state index contributed by atoms with van der Waals surface area (Å²) in [6, 6.07) is 11.8. The van der Waals surface area contributed by atoms with E-state index in [1.807, 2.05) is 18.2 Å². The number of nitrogens with one attached hydrogen (secondary N) is 1. The zero-order valence-electron chi connectivity index (χ0n) is 9.78. The van der Waals surface area contributed by atoms with Gasteiger partial charge in [0.2, 0.25) is 0 Å². The van der Waals surface area contributed by atoms with E-state index in [2.05, 4.69) is 27.6 Å². The molecule has 0 radical (unpaired) electrons. The molecule has 0 aliphatic rings. The molecule has 0 spiro atoms. The van der Waals surface area contributed by atoms with Gasteiger partial charge in [-0.15, -0.1) is 0 Å². The van der Waals surface area contributed by atoms with Gasteiger partial charge in [-0.3, -0.25) is 4.79 Å². The van der Waals surface area contributed by atoms with Crippen molar-refractivity contribution in [1.82, 2.24) is 4.98 Å². The van der Waals surface area contributed by atoms with Gasteiger partial charge in [0.15, 0.2) is 5.78 Å². The Hall–Kier alpha value is -1.69. The van der Waals surface area contributed by atoms with Crippen LogP contribution in [0.4, 0.5) is 4.39 Å². The maximum Gasteiger partial charge on any atom is 0.196 e. The molecular formula is C15H9FINO. The maximum absolute atomic E-state index is 13.1. The monoisotopic (exact) mass is 365 g/mol. The quantitative estimate of drug-likeness (QED) is 0.537. The van der Waals surface area contributed by atoms with Gasteiger partial charge in [-0.25, -0.2) is 4.39 Å². The predicted molar refractivity (Wildman–Crippen MR) is 80.8 cm³/mol. The zero-order valence-corrected chi connectivity index (χ0v) is 11.9. The van der Waals surface area contributed by atoms with Crippen molar-refractivity contribution in [2.24, 2.45) is 0 Å². The lowest BCUT2D eigenvalue weighted by Crippen LogP contribution is -2.02. The Kier molecular flexibility index (Phi) is 3.10. The molecule has 0 aliphatic carbocycles. The number of aromatic nitrogens is 1. The highest BCUT2D eigenvalue weighted by Gasteiger charge is 2.16. The second-order valence-corrected chi connectivity index (χ2v) is 5.36. The normalized spacial score (nSPS) is 10.8. The van der Waals surface area contributed by atoms with Crippen molar-refractivity contribution in [2.75, 3.05) is 0 Å². The Morgan fingerprint density at radius 3 is 2.68 bits per heavy atom. The highest BCUT2D eigenvalue weighted by atomic mass is 127. The Morgan fingerprint density at radius 2 is 1.89 bits per heavy atom. The van der Waals surface area contributed by atoms with Crippen molar-refractivity contribution in [3.63, 3.8) is 0 Å². The van der Waals surface area contributed by atoms with E-state index < -0.39 is 0 Å². The minimum Gasteiger partial charge on any atom is -0.360 e. The molecule has 94 valence electrons. The van der Waals surface area contributed by atoms with Crippen LogP contribution in [0.3, 0.4) is 0 Å². The number of carbonyl (C=O) groups excluding carboxylic acids is 1. The summed E-state index contributed by atoms with van der Waals surface area (Å²) in [5.41, 5.74) is 1.86. The number of fused-ring (bicyclic) bond motifs is 1. The molecule has 19 heavy (non-hydrogen) atoms. The van der Waals surface area contributed by atoms with Gasteiger partial charge in [0.25, 0.3) is 0 Å².